The van der Waals surface area contributed by atoms with Crippen LogP contribution in [0.25, 0.3) is 0 Å². The molecule has 0 spiro atoms. The van der Waals surface area contributed by atoms with Crippen molar-refractivity contribution in [2.45, 2.75) is 39.2 Å². The fraction of sp³-hybridized carbons (Fsp3) is 0.650. The summed E-state index contributed by atoms with van der Waals surface area (Å²) in [4.78, 5) is 13.0. The van der Waals surface area contributed by atoms with Gasteiger partial charge in [-0.05, 0) is 42.9 Å². The molecule has 1 aromatic carbocycles. The second-order valence-electron chi connectivity index (χ2n) is 7.95. The molecular weight excluding hydrogens is 378 g/mol. The molecular formula is C20H33N3O4S. The van der Waals surface area contributed by atoms with Crippen molar-refractivity contribution < 1.29 is 17.9 Å². The number of amides is 1. The zero-order valence-electron chi connectivity index (χ0n) is 17.5. The lowest BCUT2D eigenvalue weighted by Crippen LogP contribution is -2.49. The van der Waals surface area contributed by atoms with Crippen molar-refractivity contribution in [1.29, 1.82) is 0 Å². The van der Waals surface area contributed by atoms with Crippen LogP contribution in [0.1, 0.15) is 44.7 Å². The molecule has 1 amide bonds. The molecule has 158 valence electrons. The number of methoxy groups -OCH3 is 1. The van der Waals surface area contributed by atoms with Gasteiger partial charge in [-0.15, -0.1) is 0 Å². The molecule has 1 saturated heterocycles. The highest BCUT2D eigenvalue weighted by Gasteiger charge is 2.34. The number of hydrogen-bond donors (Lipinski definition) is 1. The fourth-order valence-electron chi connectivity index (χ4n) is 3.47. The summed E-state index contributed by atoms with van der Waals surface area (Å²) < 4.78 is 32.6. The first-order valence-electron chi connectivity index (χ1n) is 9.77. The maximum Gasteiger partial charge on any atom is 0.281 e. The van der Waals surface area contributed by atoms with Crippen LogP contribution in [0, 0.1) is 11.8 Å². The summed E-state index contributed by atoms with van der Waals surface area (Å²) in [7, 11) is 1.15. The first kappa shape index (κ1) is 22.6. The van der Waals surface area contributed by atoms with Crippen molar-refractivity contribution in [3.05, 3.63) is 29.8 Å². The molecule has 1 fully saturated rings. The van der Waals surface area contributed by atoms with Crippen LogP contribution in [0.4, 0.5) is 0 Å². The summed E-state index contributed by atoms with van der Waals surface area (Å²) >= 11 is 0. The predicted molar refractivity (Wildman–Crippen MR) is 110 cm³/mol. The zero-order valence-corrected chi connectivity index (χ0v) is 18.3. The summed E-state index contributed by atoms with van der Waals surface area (Å²) in [5.74, 6) is 0.760. The number of hydrogen-bond acceptors (Lipinski definition) is 4. The first-order chi connectivity index (χ1) is 13.1. The van der Waals surface area contributed by atoms with Crippen LogP contribution in [-0.4, -0.2) is 57.2 Å². The molecule has 0 radical (unpaired) electrons. The third kappa shape index (κ3) is 5.68. The molecule has 1 heterocycles. The van der Waals surface area contributed by atoms with Gasteiger partial charge < -0.3 is 10.1 Å². The second kappa shape index (κ2) is 9.71. The van der Waals surface area contributed by atoms with E-state index in [1.807, 2.05) is 24.3 Å². The van der Waals surface area contributed by atoms with E-state index in [9.17, 15) is 13.2 Å². The Balaban J connectivity index is 2.11. The number of nitrogens with one attached hydrogen (secondary N) is 1. The van der Waals surface area contributed by atoms with Gasteiger partial charge in [0.15, 0.2) is 0 Å². The molecule has 1 aliphatic heterocycles. The van der Waals surface area contributed by atoms with Gasteiger partial charge in [0.05, 0.1) is 19.1 Å². The normalized spacial score (nSPS) is 19.6. The van der Waals surface area contributed by atoms with E-state index in [2.05, 4.69) is 19.2 Å². The van der Waals surface area contributed by atoms with Crippen LogP contribution in [0.15, 0.2) is 24.3 Å². The van der Waals surface area contributed by atoms with Crippen molar-refractivity contribution in [3.8, 4) is 5.75 Å². The highest BCUT2D eigenvalue weighted by Crippen LogP contribution is 2.26. The molecule has 28 heavy (non-hydrogen) atoms. The Labute approximate surface area is 169 Å². The van der Waals surface area contributed by atoms with Crippen molar-refractivity contribution in [2.75, 3.05) is 34.3 Å². The molecule has 0 saturated carbocycles. The lowest BCUT2D eigenvalue weighted by Gasteiger charge is -2.33. The van der Waals surface area contributed by atoms with Crippen molar-refractivity contribution in [2.24, 2.45) is 11.8 Å². The van der Waals surface area contributed by atoms with E-state index < -0.39 is 10.2 Å². The van der Waals surface area contributed by atoms with Crippen LogP contribution >= 0.6 is 0 Å². The molecule has 0 aromatic heterocycles. The van der Waals surface area contributed by atoms with E-state index >= 15 is 0 Å². The number of carbonyl (C=O) groups excluding carboxylic acids is 1. The molecule has 1 N–H and O–H groups in total. The molecule has 2 unspecified atom stereocenters. The molecule has 7 nitrogen and oxygen atoms in total. The number of rotatable bonds is 8. The minimum atomic E-state index is -3.50. The maximum atomic E-state index is 13.0. The third-order valence-corrected chi connectivity index (χ3v) is 6.99. The standard InChI is InChI=1S/C20H33N3O4S/c1-15(2)13-19(16-8-10-18(27-5)11-9-16)21-20(24)17-7-6-12-23(14-17)28(25,26)22(3)4/h8-11,15,17,19H,6-7,12-14H2,1-5H3,(H,21,24). The number of carbonyl (C=O) groups is 1. The van der Waals surface area contributed by atoms with E-state index in [-0.39, 0.29) is 24.4 Å². The Morgan fingerprint density at radius 1 is 1.29 bits per heavy atom. The molecule has 2 rings (SSSR count). The highest BCUT2D eigenvalue weighted by atomic mass is 32.2. The minimum Gasteiger partial charge on any atom is -0.497 e. The first-order valence-corrected chi connectivity index (χ1v) is 11.2. The lowest BCUT2D eigenvalue weighted by molar-refractivity contribution is -0.127. The Morgan fingerprint density at radius 2 is 1.93 bits per heavy atom. The quantitative estimate of drug-likeness (QED) is 0.713. The SMILES string of the molecule is COc1ccc(C(CC(C)C)NC(=O)C2CCCN(S(=O)(=O)N(C)C)C2)cc1. The largest absolute Gasteiger partial charge is 0.497 e. The summed E-state index contributed by atoms with van der Waals surface area (Å²) in [5.41, 5.74) is 1.02. The smallest absolute Gasteiger partial charge is 0.281 e. The van der Waals surface area contributed by atoms with E-state index in [0.29, 0.717) is 25.3 Å². The monoisotopic (exact) mass is 411 g/mol. The van der Waals surface area contributed by atoms with Gasteiger partial charge in [-0.3, -0.25) is 4.79 Å². The van der Waals surface area contributed by atoms with E-state index in [0.717, 1.165) is 17.7 Å². The molecule has 0 bridgehead atoms. The maximum absolute atomic E-state index is 13.0. The van der Waals surface area contributed by atoms with Gasteiger partial charge in [0, 0.05) is 27.2 Å². The molecule has 2 atom stereocenters. The Kier molecular flexibility index (Phi) is 7.86. The average molecular weight is 412 g/mol. The Morgan fingerprint density at radius 3 is 2.46 bits per heavy atom. The molecule has 1 aliphatic rings. The zero-order chi connectivity index (χ0) is 20.9. The average Bonchev–Trinajstić information content (AvgIpc) is 2.67. The van der Waals surface area contributed by atoms with Crippen LogP contribution in [0.2, 0.25) is 0 Å². The van der Waals surface area contributed by atoms with E-state index in [4.69, 9.17) is 4.74 Å². The number of ether oxygens (including phenoxy) is 1. The van der Waals surface area contributed by atoms with Crippen molar-refractivity contribution in [3.63, 3.8) is 0 Å². The molecule has 1 aromatic rings. The lowest BCUT2D eigenvalue weighted by atomic mass is 9.94. The van der Waals surface area contributed by atoms with Crippen LogP contribution in [0.5, 0.6) is 5.75 Å². The van der Waals surface area contributed by atoms with Crippen molar-refractivity contribution in [1.82, 2.24) is 13.9 Å². The van der Waals surface area contributed by atoms with Gasteiger partial charge in [-0.25, -0.2) is 0 Å². The second-order valence-corrected chi connectivity index (χ2v) is 10.1. The number of nitrogens with zero attached hydrogens (tertiary/aromatic N) is 2. The van der Waals surface area contributed by atoms with Crippen LogP contribution in [-0.2, 0) is 15.0 Å². The summed E-state index contributed by atoms with van der Waals surface area (Å²) in [5, 5.41) is 3.16. The topological polar surface area (TPSA) is 79.0 Å². The summed E-state index contributed by atoms with van der Waals surface area (Å²) in [6.07, 6.45) is 2.19. The highest BCUT2D eigenvalue weighted by molar-refractivity contribution is 7.86. The van der Waals surface area contributed by atoms with Crippen LogP contribution < -0.4 is 10.1 Å². The van der Waals surface area contributed by atoms with Crippen molar-refractivity contribution >= 4 is 16.1 Å². The van der Waals surface area contributed by atoms with Crippen LogP contribution in [0.3, 0.4) is 0 Å². The number of piperidine rings is 1. The number of benzene rings is 1. The van der Waals surface area contributed by atoms with E-state index in [1.165, 1.54) is 22.7 Å². The molecule has 0 aliphatic carbocycles. The fourth-order valence-corrected chi connectivity index (χ4v) is 4.66. The van der Waals surface area contributed by atoms with Gasteiger partial charge in [-0.1, -0.05) is 26.0 Å². The van der Waals surface area contributed by atoms with Gasteiger partial charge in [0.25, 0.3) is 10.2 Å². The molecule has 8 heteroatoms. The summed E-state index contributed by atoms with van der Waals surface area (Å²) in [6, 6.07) is 7.60. The Bertz CT molecular complexity index is 747. The Hall–Kier alpha value is -1.64. The summed E-state index contributed by atoms with van der Waals surface area (Å²) in [6.45, 7) is 4.92. The predicted octanol–water partition coefficient (Wildman–Crippen LogP) is 2.42. The minimum absolute atomic E-state index is 0.0832. The van der Waals surface area contributed by atoms with Gasteiger partial charge in [-0.2, -0.15) is 17.0 Å². The van der Waals surface area contributed by atoms with Gasteiger partial charge in [0.1, 0.15) is 5.75 Å². The van der Waals surface area contributed by atoms with Gasteiger partial charge in [0.2, 0.25) is 5.91 Å². The van der Waals surface area contributed by atoms with Gasteiger partial charge >= 0.3 is 0 Å². The third-order valence-electron chi connectivity index (χ3n) is 5.08. The van der Waals surface area contributed by atoms with E-state index in [1.54, 1.807) is 7.11 Å².